The molecule has 2 rings (SSSR count). The second-order valence-corrected chi connectivity index (χ2v) is 5.14. The molecule has 1 fully saturated rings. The predicted octanol–water partition coefficient (Wildman–Crippen LogP) is 0.866. The van der Waals surface area contributed by atoms with Gasteiger partial charge in [-0.25, -0.2) is 0 Å². The van der Waals surface area contributed by atoms with Gasteiger partial charge in [0.1, 0.15) is 6.54 Å². The first-order valence-corrected chi connectivity index (χ1v) is 7.02. The topological polar surface area (TPSA) is 105 Å². The molecule has 0 aromatic heterocycles. The molecule has 7 heteroatoms. The molecule has 1 heterocycles. The summed E-state index contributed by atoms with van der Waals surface area (Å²) in [5.74, 6) is -1.39. The number of rotatable bonds is 6. The molecule has 1 aromatic carbocycles. The maximum atomic E-state index is 11.9. The number of anilines is 1. The molecule has 2 amide bonds. The van der Waals surface area contributed by atoms with E-state index in [1.54, 1.807) is 12.1 Å². The van der Waals surface area contributed by atoms with Gasteiger partial charge in [0, 0.05) is 30.9 Å². The fraction of sp³-hybridized carbons (Fsp3) is 0.400. The van der Waals surface area contributed by atoms with Crippen LogP contribution in [0.25, 0.3) is 0 Å². The molecule has 118 valence electrons. The Kier molecular flexibility index (Phi) is 5.48. The lowest BCUT2D eigenvalue weighted by Crippen LogP contribution is -2.29. The maximum Gasteiger partial charge on any atom is 0.322 e. The van der Waals surface area contributed by atoms with Gasteiger partial charge in [0.2, 0.25) is 5.91 Å². The molecule has 1 aliphatic heterocycles. The van der Waals surface area contributed by atoms with Gasteiger partial charge < -0.3 is 20.5 Å². The van der Waals surface area contributed by atoms with Gasteiger partial charge in [-0.15, -0.1) is 0 Å². The van der Waals surface area contributed by atoms with Crippen LogP contribution < -0.4 is 10.6 Å². The number of carbonyl (C=O) groups is 3. The van der Waals surface area contributed by atoms with E-state index in [9.17, 15) is 14.4 Å². The number of carboxylic acids is 1. The van der Waals surface area contributed by atoms with Crippen molar-refractivity contribution in [1.29, 1.82) is 0 Å². The first-order chi connectivity index (χ1) is 10.5. The Labute approximate surface area is 127 Å². The monoisotopic (exact) mass is 306 g/mol. The Morgan fingerprint density at radius 2 is 1.95 bits per heavy atom. The van der Waals surface area contributed by atoms with E-state index in [4.69, 9.17) is 9.84 Å². The van der Waals surface area contributed by atoms with Crippen molar-refractivity contribution >= 4 is 23.5 Å². The van der Waals surface area contributed by atoms with E-state index in [0.717, 1.165) is 6.42 Å². The average molecular weight is 306 g/mol. The standard InChI is InChI=1S/C15H18N2O5/c18-13(7-10-5-6-22-9-10)17-12-3-1-11(2-4-12)15(21)16-8-14(19)20/h1-4,10H,5-9H2,(H,16,21)(H,17,18)(H,19,20). The molecule has 3 N–H and O–H groups in total. The van der Waals surface area contributed by atoms with Crippen molar-refractivity contribution in [3.05, 3.63) is 29.8 Å². The van der Waals surface area contributed by atoms with Gasteiger partial charge in [0.05, 0.1) is 0 Å². The number of hydrogen-bond donors (Lipinski definition) is 3. The van der Waals surface area contributed by atoms with Crippen LogP contribution in [-0.2, 0) is 14.3 Å². The number of carbonyl (C=O) groups excluding carboxylic acids is 2. The first-order valence-electron chi connectivity index (χ1n) is 7.02. The van der Waals surface area contributed by atoms with Crippen molar-refractivity contribution in [2.75, 3.05) is 25.1 Å². The summed E-state index contributed by atoms with van der Waals surface area (Å²) in [5, 5.41) is 13.5. The second-order valence-electron chi connectivity index (χ2n) is 5.14. The lowest BCUT2D eigenvalue weighted by atomic mass is 10.0. The van der Waals surface area contributed by atoms with Crippen LogP contribution in [0, 0.1) is 5.92 Å². The Bertz CT molecular complexity index is 550. The molecule has 0 aliphatic carbocycles. The fourth-order valence-electron chi connectivity index (χ4n) is 2.18. The molecule has 1 aliphatic rings. The Morgan fingerprint density at radius 3 is 2.55 bits per heavy atom. The summed E-state index contributed by atoms with van der Waals surface area (Å²) in [6.45, 7) is 0.898. The van der Waals surface area contributed by atoms with Crippen LogP contribution >= 0.6 is 0 Å². The minimum absolute atomic E-state index is 0.0846. The van der Waals surface area contributed by atoms with Crippen LogP contribution in [0.1, 0.15) is 23.2 Å². The third kappa shape index (κ3) is 4.85. The zero-order valence-corrected chi connectivity index (χ0v) is 12.0. The normalized spacial score (nSPS) is 17.0. The third-order valence-corrected chi connectivity index (χ3v) is 3.33. The van der Waals surface area contributed by atoms with E-state index in [-0.39, 0.29) is 11.8 Å². The van der Waals surface area contributed by atoms with Crippen molar-refractivity contribution in [1.82, 2.24) is 5.32 Å². The molecule has 0 bridgehead atoms. The molecule has 22 heavy (non-hydrogen) atoms. The third-order valence-electron chi connectivity index (χ3n) is 3.33. The van der Waals surface area contributed by atoms with E-state index in [2.05, 4.69) is 10.6 Å². The molecular weight excluding hydrogens is 288 g/mol. The SMILES string of the molecule is O=C(O)CNC(=O)c1ccc(NC(=O)CC2CCOC2)cc1. The van der Waals surface area contributed by atoms with Gasteiger partial charge in [-0.1, -0.05) is 0 Å². The van der Waals surface area contributed by atoms with E-state index in [0.29, 0.717) is 30.9 Å². The van der Waals surface area contributed by atoms with Gasteiger partial charge in [-0.05, 0) is 36.6 Å². The molecular formula is C15H18N2O5. The zero-order chi connectivity index (χ0) is 15.9. The summed E-state index contributed by atoms with van der Waals surface area (Å²) in [6.07, 6.45) is 1.32. The van der Waals surface area contributed by atoms with Crippen LogP contribution in [0.3, 0.4) is 0 Å². The number of ether oxygens (including phenoxy) is 1. The second kappa shape index (κ2) is 7.56. The number of carboxylic acid groups (broad SMARTS) is 1. The van der Waals surface area contributed by atoms with Crippen molar-refractivity contribution in [3.63, 3.8) is 0 Å². The van der Waals surface area contributed by atoms with Crippen molar-refractivity contribution in [2.45, 2.75) is 12.8 Å². The lowest BCUT2D eigenvalue weighted by molar-refractivity contribution is -0.135. The van der Waals surface area contributed by atoms with Crippen LogP contribution in [0.2, 0.25) is 0 Å². The quantitative estimate of drug-likeness (QED) is 0.723. The van der Waals surface area contributed by atoms with E-state index in [1.165, 1.54) is 12.1 Å². The average Bonchev–Trinajstić information content (AvgIpc) is 2.98. The number of aliphatic carboxylic acids is 1. The molecule has 0 spiro atoms. The number of nitrogens with one attached hydrogen (secondary N) is 2. The highest BCUT2D eigenvalue weighted by Crippen LogP contribution is 2.17. The van der Waals surface area contributed by atoms with Gasteiger partial charge >= 0.3 is 5.97 Å². The van der Waals surface area contributed by atoms with Crippen LogP contribution in [-0.4, -0.2) is 42.6 Å². The number of amides is 2. The van der Waals surface area contributed by atoms with Crippen LogP contribution in [0.15, 0.2) is 24.3 Å². The van der Waals surface area contributed by atoms with Gasteiger partial charge in [0.15, 0.2) is 0 Å². The maximum absolute atomic E-state index is 11.9. The Morgan fingerprint density at radius 1 is 1.23 bits per heavy atom. The van der Waals surface area contributed by atoms with E-state index >= 15 is 0 Å². The van der Waals surface area contributed by atoms with Crippen molar-refractivity contribution in [2.24, 2.45) is 5.92 Å². The molecule has 1 atom stereocenters. The first kappa shape index (κ1) is 16.0. The summed E-state index contributed by atoms with van der Waals surface area (Å²) >= 11 is 0. The fourth-order valence-corrected chi connectivity index (χ4v) is 2.18. The summed E-state index contributed by atoms with van der Waals surface area (Å²) in [4.78, 5) is 33.9. The highest BCUT2D eigenvalue weighted by molar-refractivity contribution is 5.97. The van der Waals surface area contributed by atoms with Crippen molar-refractivity contribution < 1.29 is 24.2 Å². The highest BCUT2D eigenvalue weighted by atomic mass is 16.5. The summed E-state index contributed by atoms with van der Waals surface area (Å²) < 4.78 is 5.22. The van der Waals surface area contributed by atoms with E-state index < -0.39 is 18.4 Å². The summed E-state index contributed by atoms with van der Waals surface area (Å²) in [5.41, 5.74) is 0.933. The molecule has 0 radical (unpaired) electrons. The number of hydrogen-bond acceptors (Lipinski definition) is 4. The van der Waals surface area contributed by atoms with Gasteiger partial charge in [-0.3, -0.25) is 14.4 Å². The largest absolute Gasteiger partial charge is 0.480 e. The number of benzene rings is 1. The molecule has 0 saturated carbocycles. The van der Waals surface area contributed by atoms with Crippen LogP contribution in [0.4, 0.5) is 5.69 Å². The van der Waals surface area contributed by atoms with Crippen molar-refractivity contribution in [3.8, 4) is 0 Å². The minimum atomic E-state index is -1.10. The molecule has 1 saturated heterocycles. The highest BCUT2D eigenvalue weighted by Gasteiger charge is 2.19. The minimum Gasteiger partial charge on any atom is -0.480 e. The molecule has 1 aromatic rings. The zero-order valence-electron chi connectivity index (χ0n) is 12.0. The molecule has 7 nitrogen and oxygen atoms in total. The van der Waals surface area contributed by atoms with E-state index in [1.807, 2.05) is 0 Å². The van der Waals surface area contributed by atoms with Crippen LogP contribution in [0.5, 0.6) is 0 Å². The Hall–Kier alpha value is -2.41. The molecule has 1 unspecified atom stereocenters. The van der Waals surface area contributed by atoms with Gasteiger partial charge in [-0.2, -0.15) is 0 Å². The van der Waals surface area contributed by atoms with Gasteiger partial charge in [0.25, 0.3) is 5.91 Å². The lowest BCUT2D eigenvalue weighted by Gasteiger charge is -2.09. The predicted molar refractivity (Wildman–Crippen MR) is 78.6 cm³/mol. The smallest absolute Gasteiger partial charge is 0.322 e. The summed E-state index contributed by atoms with van der Waals surface area (Å²) in [7, 11) is 0. The Balaban J connectivity index is 1.84. The summed E-state index contributed by atoms with van der Waals surface area (Å²) in [6, 6.07) is 6.29.